The van der Waals surface area contributed by atoms with E-state index >= 15 is 0 Å². The van der Waals surface area contributed by atoms with Crippen molar-refractivity contribution in [1.82, 2.24) is 10.6 Å². The van der Waals surface area contributed by atoms with Crippen LogP contribution in [0.4, 0.5) is 0 Å². The zero-order chi connectivity index (χ0) is 11.4. The SMILES string of the molecule is OC(CCl)Cc1ccc(C2NCCN2)cc1. The van der Waals surface area contributed by atoms with Gasteiger partial charge in [-0.1, -0.05) is 24.3 Å². The summed E-state index contributed by atoms with van der Waals surface area (Å²) in [6, 6.07) is 8.28. The smallest absolute Gasteiger partial charge is 0.0836 e. The lowest BCUT2D eigenvalue weighted by Crippen LogP contribution is -2.21. The largest absolute Gasteiger partial charge is 0.392 e. The predicted octanol–water partition coefficient (Wildman–Crippen LogP) is 1.02. The number of aliphatic hydroxyl groups excluding tert-OH is 1. The quantitative estimate of drug-likeness (QED) is 0.689. The Morgan fingerprint density at radius 1 is 1.25 bits per heavy atom. The standard InChI is InChI=1S/C12H17ClN2O/c13-8-11(16)7-9-1-3-10(4-2-9)12-14-5-6-15-12/h1-4,11-12,14-16H,5-8H2. The molecule has 3 N–H and O–H groups in total. The number of nitrogens with one attached hydrogen (secondary N) is 2. The van der Waals surface area contributed by atoms with E-state index in [0.29, 0.717) is 6.42 Å². The molecular weight excluding hydrogens is 224 g/mol. The molecule has 1 atom stereocenters. The van der Waals surface area contributed by atoms with Gasteiger partial charge in [0, 0.05) is 19.0 Å². The van der Waals surface area contributed by atoms with Crippen LogP contribution in [0.2, 0.25) is 0 Å². The van der Waals surface area contributed by atoms with Gasteiger partial charge in [0.15, 0.2) is 0 Å². The number of alkyl halides is 1. The van der Waals surface area contributed by atoms with Crippen LogP contribution in [0, 0.1) is 0 Å². The van der Waals surface area contributed by atoms with Crippen LogP contribution >= 0.6 is 11.6 Å². The average molecular weight is 241 g/mol. The van der Waals surface area contributed by atoms with Gasteiger partial charge in [-0.3, -0.25) is 10.6 Å². The van der Waals surface area contributed by atoms with Crippen LogP contribution in [-0.4, -0.2) is 30.2 Å². The number of benzene rings is 1. The fraction of sp³-hybridized carbons (Fsp3) is 0.500. The molecule has 1 heterocycles. The van der Waals surface area contributed by atoms with Gasteiger partial charge in [0.1, 0.15) is 0 Å². The molecule has 1 fully saturated rings. The Bertz CT molecular complexity index is 322. The topological polar surface area (TPSA) is 44.3 Å². The molecule has 0 aliphatic carbocycles. The lowest BCUT2D eigenvalue weighted by molar-refractivity contribution is 0.199. The van der Waals surface area contributed by atoms with Gasteiger partial charge >= 0.3 is 0 Å². The summed E-state index contributed by atoms with van der Waals surface area (Å²) in [5.41, 5.74) is 2.36. The van der Waals surface area contributed by atoms with E-state index in [2.05, 4.69) is 22.8 Å². The average Bonchev–Trinajstić information content (AvgIpc) is 2.83. The molecular formula is C12H17ClN2O. The molecule has 0 radical (unpaired) electrons. The lowest BCUT2D eigenvalue weighted by atomic mass is 10.1. The molecule has 1 aromatic carbocycles. The van der Waals surface area contributed by atoms with E-state index in [9.17, 15) is 5.11 Å². The molecule has 0 bridgehead atoms. The third-order valence-corrected chi connectivity index (χ3v) is 3.14. The minimum atomic E-state index is -0.449. The molecule has 1 aliphatic heterocycles. The maximum absolute atomic E-state index is 9.44. The van der Waals surface area contributed by atoms with Crippen LogP contribution in [0.1, 0.15) is 17.3 Å². The first kappa shape index (κ1) is 11.9. The maximum Gasteiger partial charge on any atom is 0.0836 e. The number of halogens is 1. The maximum atomic E-state index is 9.44. The summed E-state index contributed by atoms with van der Waals surface area (Å²) in [7, 11) is 0. The molecule has 4 heteroatoms. The second-order valence-electron chi connectivity index (χ2n) is 4.10. The molecule has 1 aliphatic rings. The van der Waals surface area contributed by atoms with Crippen molar-refractivity contribution in [3.05, 3.63) is 35.4 Å². The van der Waals surface area contributed by atoms with Gasteiger partial charge in [-0.15, -0.1) is 11.6 Å². The molecule has 1 aromatic rings. The van der Waals surface area contributed by atoms with Crippen molar-refractivity contribution in [3.63, 3.8) is 0 Å². The van der Waals surface area contributed by atoms with Crippen LogP contribution in [0.5, 0.6) is 0 Å². The summed E-state index contributed by atoms with van der Waals surface area (Å²) in [4.78, 5) is 0. The third-order valence-electron chi connectivity index (χ3n) is 2.78. The summed E-state index contributed by atoms with van der Waals surface area (Å²) in [5.74, 6) is 0.285. The second kappa shape index (κ2) is 5.64. The Balaban J connectivity index is 1.98. The first-order valence-corrected chi connectivity index (χ1v) is 6.12. The lowest BCUT2D eigenvalue weighted by Gasteiger charge is -2.12. The van der Waals surface area contributed by atoms with E-state index in [0.717, 1.165) is 18.7 Å². The highest BCUT2D eigenvalue weighted by Crippen LogP contribution is 2.14. The van der Waals surface area contributed by atoms with Crippen molar-refractivity contribution < 1.29 is 5.11 Å². The van der Waals surface area contributed by atoms with Crippen molar-refractivity contribution in [1.29, 1.82) is 0 Å². The molecule has 3 nitrogen and oxygen atoms in total. The van der Waals surface area contributed by atoms with Crippen molar-refractivity contribution in [2.45, 2.75) is 18.7 Å². The third kappa shape index (κ3) is 2.95. The summed E-state index contributed by atoms with van der Waals surface area (Å²) in [6.07, 6.45) is 0.442. The molecule has 2 rings (SSSR count). The zero-order valence-corrected chi connectivity index (χ0v) is 9.87. The van der Waals surface area contributed by atoms with Crippen LogP contribution in [-0.2, 0) is 6.42 Å². The second-order valence-corrected chi connectivity index (χ2v) is 4.40. The van der Waals surface area contributed by atoms with Crippen LogP contribution in [0.25, 0.3) is 0 Å². The van der Waals surface area contributed by atoms with E-state index < -0.39 is 6.10 Å². The van der Waals surface area contributed by atoms with E-state index in [1.54, 1.807) is 0 Å². The van der Waals surface area contributed by atoms with Crippen LogP contribution in [0.3, 0.4) is 0 Å². The van der Waals surface area contributed by atoms with Crippen LogP contribution in [0.15, 0.2) is 24.3 Å². The van der Waals surface area contributed by atoms with E-state index in [4.69, 9.17) is 11.6 Å². The molecule has 0 aromatic heterocycles. The Labute approximate surface area is 101 Å². The van der Waals surface area contributed by atoms with Gasteiger partial charge < -0.3 is 5.11 Å². The monoisotopic (exact) mass is 240 g/mol. The Hall–Kier alpha value is -0.610. The first-order chi connectivity index (χ1) is 7.79. The zero-order valence-electron chi connectivity index (χ0n) is 9.12. The summed E-state index contributed by atoms with van der Waals surface area (Å²) in [6.45, 7) is 2.02. The molecule has 1 unspecified atom stereocenters. The van der Waals surface area contributed by atoms with E-state index in [-0.39, 0.29) is 12.0 Å². The van der Waals surface area contributed by atoms with E-state index in [1.165, 1.54) is 5.56 Å². The number of rotatable bonds is 4. The van der Waals surface area contributed by atoms with Gasteiger partial charge in [-0.2, -0.15) is 0 Å². The Morgan fingerprint density at radius 2 is 1.88 bits per heavy atom. The Morgan fingerprint density at radius 3 is 2.44 bits per heavy atom. The highest BCUT2D eigenvalue weighted by Gasteiger charge is 2.14. The fourth-order valence-corrected chi connectivity index (χ4v) is 2.02. The first-order valence-electron chi connectivity index (χ1n) is 5.59. The highest BCUT2D eigenvalue weighted by atomic mass is 35.5. The number of aliphatic hydroxyl groups is 1. The van der Waals surface area contributed by atoms with Gasteiger partial charge in [-0.05, 0) is 17.5 Å². The Kier molecular flexibility index (Phi) is 4.18. The predicted molar refractivity (Wildman–Crippen MR) is 65.6 cm³/mol. The van der Waals surface area contributed by atoms with Crippen molar-refractivity contribution in [2.24, 2.45) is 0 Å². The number of hydrogen-bond acceptors (Lipinski definition) is 3. The van der Waals surface area contributed by atoms with Crippen molar-refractivity contribution in [3.8, 4) is 0 Å². The minimum Gasteiger partial charge on any atom is -0.392 e. The minimum absolute atomic E-state index is 0.270. The normalized spacial score (nSPS) is 18.9. The summed E-state index contributed by atoms with van der Waals surface area (Å²) >= 11 is 5.57. The van der Waals surface area contributed by atoms with Gasteiger partial charge in [-0.25, -0.2) is 0 Å². The molecule has 0 amide bonds. The molecule has 88 valence electrons. The molecule has 0 spiro atoms. The number of hydrogen-bond donors (Lipinski definition) is 3. The van der Waals surface area contributed by atoms with Crippen LogP contribution < -0.4 is 10.6 Å². The molecule has 0 saturated carbocycles. The highest BCUT2D eigenvalue weighted by molar-refractivity contribution is 6.18. The van der Waals surface area contributed by atoms with Gasteiger partial charge in [0.25, 0.3) is 0 Å². The summed E-state index contributed by atoms with van der Waals surface area (Å²) < 4.78 is 0. The molecule has 16 heavy (non-hydrogen) atoms. The van der Waals surface area contributed by atoms with Gasteiger partial charge in [0.2, 0.25) is 0 Å². The van der Waals surface area contributed by atoms with E-state index in [1.807, 2.05) is 12.1 Å². The van der Waals surface area contributed by atoms with Crippen molar-refractivity contribution >= 4 is 11.6 Å². The summed E-state index contributed by atoms with van der Waals surface area (Å²) in [5, 5.41) is 16.2. The molecule has 1 saturated heterocycles. The van der Waals surface area contributed by atoms with Crippen molar-refractivity contribution in [2.75, 3.05) is 19.0 Å². The fourth-order valence-electron chi connectivity index (χ4n) is 1.91. The van der Waals surface area contributed by atoms with Gasteiger partial charge in [0.05, 0.1) is 12.3 Å².